The van der Waals surface area contributed by atoms with Gasteiger partial charge in [0, 0.05) is 33.2 Å². The number of nitrogens with one attached hydrogen (secondary N) is 1. The molecule has 1 unspecified atom stereocenters. The number of rotatable bonds is 9. The first-order valence-electron chi connectivity index (χ1n) is 12.8. The van der Waals surface area contributed by atoms with Crippen molar-refractivity contribution in [3.05, 3.63) is 41.6 Å². The van der Waals surface area contributed by atoms with E-state index in [1.54, 1.807) is 11.9 Å². The second kappa shape index (κ2) is 11.3. The van der Waals surface area contributed by atoms with Crippen molar-refractivity contribution in [1.82, 2.24) is 15.4 Å². The van der Waals surface area contributed by atoms with E-state index < -0.39 is 11.5 Å². The van der Waals surface area contributed by atoms with Gasteiger partial charge in [0.25, 0.3) is 0 Å². The fourth-order valence-corrected chi connectivity index (χ4v) is 4.60. The summed E-state index contributed by atoms with van der Waals surface area (Å²) in [5, 5.41) is 9.54. The summed E-state index contributed by atoms with van der Waals surface area (Å²) in [6.45, 7) is 7.31. The van der Waals surface area contributed by atoms with Gasteiger partial charge in [-0.2, -0.15) is 0 Å². The molecule has 198 valence electrons. The van der Waals surface area contributed by atoms with Crippen molar-refractivity contribution < 1.29 is 28.4 Å². The molecule has 0 aliphatic carbocycles. The maximum atomic E-state index is 12.5. The molecule has 37 heavy (non-hydrogen) atoms. The molecule has 1 aliphatic heterocycles. The van der Waals surface area contributed by atoms with Gasteiger partial charge >= 0.3 is 6.09 Å². The Morgan fingerprint density at radius 1 is 1.14 bits per heavy atom. The SMILES string of the molecule is CN(CCCOCCCc1cccc2c1ccc1onc(C3CCC(=O)NC3=O)c12)C(=O)OC(C)(C)C. The van der Waals surface area contributed by atoms with Gasteiger partial charge in [0.15, 0.2) is 5.58 Å². The molecule has 1 aliphatic rings. The Kier molecular flexibility index (Phi) is 8.12. The van der Waals surface area contributed by atoms with Crippen molar-refractivity contribution in [3.63, 3.8) is 0 Å². The summed E-state index contributed by atoms with van der Waals surface area (Å²) in [4.78, 5) is 37.6. The molecule has 9 heteroatoms. The molecule has 0 spiro atoms. The third-order valence-electron chi connectivity index (χ3n) is 6.40. The second-order valence-corrected chi connectivity index (χ2v) is 10.5. The summed E-state index contributed by atoms with van der Waals surface area (Å²) < 4.78 is 16.7. The number of carbonyl (C=O) groups is 3. The Morgan fingerprint density at radius 3 is 2.68 bits per heavy atom. The first kappa shape index (κ1) is 26.6. The molecule has 0 bridgehead atoms. The maximum absolute atomic E-state index is 12.5. The molecule has 2 aromatic carbocycles. The standard InChI is InChI=1S/C28H35N3O6/c1-28(2,3)36-27(34)31(4)15-7-17-35-16-6-9-18-8-5-10-20-19(18)11-13-22-24(20)25(30-37-22)21-12-14-23(32)29-26(21)33/h5,8,10-11,13,21H,6-7,9,12,14-17H2,1-4H3,(H,29,32,33). The van der Waals surface area contributed by atoms with Crippen LogP contribution in [0.3, 0.4) is 0 Å². The highest BCUT2D eigenvalue weighted by Crippen LogP contribution is 2.36. The van der Waals surface area contributed by atoms with Crippen LogP contribution in [0.4, 0.5) is 4.79 Å². The fourth-order valence-electron chi connectivity index (χ4n) is 4.60. The zero-order valence-corrected chi connectivity index (χ0v) is 22.0. The smallest absolute Gasteiger partial charge is 0.410 e. The second-order valence-electron chi connectivity index (χ2n) is 10.5. The molecule has 1 fully saturated rings. The van der Waals surface area contributed by atoms with Crippen LogP contribution < -0.4 is 5.32 Å². The Labute approximate surface area is 216 Å². The molecule has 1 aromatic heterocycles. The number of aromatic nitrogens is 1. The van der Waals surface area contributed by atoms with Gasteiger partial charge in [0.2, 0.25) is 11.8 Å². The highest BCUT2D eigenvalue weighted by molar-refractivity contribution is 6.10. The van der Waals surface area contributed by atoms with Gasteiger partial charge in [-0.05, 0) is 68.9 Å². The zero-order chi connectivity index (χ0) is 26.6. The number of benzene rings is 2. The highest BCUT2D eigenvalue weighted by atomic mass is 16.6. The predicted octanol–water partition coefficient (Wildman–Crippen LogP) is 4.71. The van der Waals surface area contributed by atoms with Crippen LogP contribution in [0, 0.1) is 0 Å². The number of nitrogens with zero attached hydrogens (tertiary/aromatic N) is 2. The molecular weight excluding hydrogens is 474 g/mol. The lowest BCUT2D eigenvalue weighted by atomic mass is 9.90. The van der Waals surface area contributed by atoms with Crippen LogP contribution >= 0.6 is 0 Å². The largest absolute Gasteiger partial charge is 0.444 e. The lowest BCUT2D eigenvalue weighted by Gasteiger charge is -2.24. The van der Waals surface area contributed by atoms with Gasteiger partial charge in [0.05, 0.1) is 11.3 Å². The first-order chi connectivity index (χ1) is 17.6. The van der Waals surface area contributed by atoms with E-state index in [0.29, 0.717) is 37.5 Å². The average Bonchev–Trinajstić information content (AvgIpc) is 3.26. The number of ether oxygens (including phenoxy) is 2. The zero-order valence-electron chi connectivity index (χ0n) is 22.0. The highest BCUT2D eigenvalue weighted by Gasteiger charge is 2.32. The molecule has 2 heterocycles. The van der Waals surface area contributed by atoms with E-state index in [4.69, 9.17) is 14.0 Å². The predicted molar refractivity (Wildman–Crippen MR) is 139 cm³/mol. The van der Waals surface area contributed by atoms with E-state index in [1.807, 2.05) is 45.0 Å². The van der Waals surface area contributed by atoms with Crippen molar-refractivity contribution in [2.75, 3.05) is 26.8 Å². The molecule has 4 rings (SSSR count). The van der Waals surface area contributed by atoms with Crippen molar-refractivity contribution in [2.24, 2.45) is 0 Å². The van der Waals surface area contributed by atoms with Gasteiger partial charge in [0.1, 0.15) is 11.3 Å². The van der Waals surface area contributed by atoms with Crippen LogP contribution in [0.2, 0.25) is 0 Å². The molecule has 0 saturated carbocycles. The summed E-state index contributed by atoms with van der Waals surface area (Å²) in [7, 11) is 1.73. The summed E-state index contributed by atoms with van der Waals surface area (Å²) in [5.41, 5.74) is 1.89. The third-order valence-corrected chi connectivity index (χ3v) is 6.40. The number of hydrogen-bond donors (Lipinski definition) is 1. The van der Waals surface area contributed by atoms with E-state index in [0.717, 1.165) is 35.4 Å². The number of aryl methyl sites for hydroxylation is 1. The molecule has 3 amide bonds. The van der Waals surface area contributed by atoms with E-state index in [1.165, 1.54) is 5.56 Å². The molecule has 1 atom stereocenters. The Morgan fingerprint density at radius 2 is 1.92 bits per heavy atom. The van der Waals surface area contributed by atoms with Gasteiger partial charge in [-0.1, -0.05) is 29.4 Å². The van der Waals surface area contributed by atoms with Gasteiger partial charge < -0.3 is 18.9 Å². The molecule has 1 saturated heterocycles. The van der Waals surface area contributed by atoms with Crippen molar-refractivity contribution in [1.29, 1.82) is 0 Å². The fraction of sp³-hybridized carbons (Fsp3) is 0.500. The monoisotopic (exact) mass is 509 g/mol. The van der Waals surface area contributed by atoms with E-state index in [-0.39, 0.29) is 24.3 Å². The van der Waals surface area contributed by atoms with Gasteiger partial charge in [-0.3, -0.25) is 14.9 Å². The number of carbonyl (C=O) groups excluding carboxylic acids is 3. The lowest BCUT2D eigenvalue weighted by Crippen LogP contribution is -2.39. The van der Waals surface area contributed by atoms with Crippen LogP contribution in [-0.2, 0) is 25.5 Å². The molecule has 1 N–H and O–H groups in total. The third kappa shape index (κ3) is 6.46. The topological polar surface area (TPSA) is 111 Å². The van der Waals surface area contributed by atoms with E-state index in [9.17, 15) is 14.4 Å². The normalized spacial score (nSPS) is 16.3. The van der Waals surface area contributed by atoms with E-state index in [2.05, 4.69) is 16.5 Å². The number of amides is 3. The van der Waals surface area contributed by atoms with E-state index >= 15 is 0 Å². The van der Waals surface area contributed by atoms with Crippen LogP contribution in [0.25, 0.3) is 21.7 Å². The number of imide groups is 1. The number of piperidine rings is 1. The van der Waals surface area contributed by atoms with Gasteiger partial charge in [-0.25, -0.2) is 4.79 Å². The summed E-state index contributed by atoms with van der Waals surface area (Å²) in [6, 6.07) is 10.0. The van der Waals surface area contributed by atoms with Crippen molar-refractivity contribution in [3.8, 4) is 0 Å². The van der Waals surface area contributed by atoms with Crippen LogP contribution in [0.1, 0.15) is 63.6 Å². The lowest BCUT2D eigenvalue weighted by molar-refractivity contribution is -0.134. The van der Waals surface area contributed by atoms with Crippen LogP contribution in [0.5, 0.6) is 0 Å². The molecule has 3 aromatic rings. The maximum Gasteiger partial charge on any atom is 0.410 e. The quantitative estimate of drug-likeness (QED) is 0.329. The Hall–Kier alpha value is -3.46. The molecule has 0 radical (unpaired) electrons. The molecular formula is C28H35N3O6. The minimum atomic E-state index is -0.504. The Bertz CT molecular complexity index is 1290. The average molecular weight is 510 g/mol. The summed E-state index contributed by atoms with van der Waals surface area (Å²) in [6.07, 6.45) is 2.80. The summed E-state index contributed by atoms with van der Waals surface area (Å²) >= 11 is 0. The van der Waals surface area contributed by atoms with Crippen molar-refractivity contribution in [2.45, 2.75) is 64.4 Å². The summed E-state index contributed by atoms with van der Waals surface area (Å²) in [5.74, 6) is -1.08. The minimum Gasteiger partial charge on any atom is -0.444 e. The van der Waals surface area contributed by atoms with Gasteiger partial charge in [-0.15, -0.1) is 0 Å². The number of fused-ring (bicyclic) bond motifs is 3. The Balaban J connectivity index is 1.33. The minimum absolute atomic E-state index is 0.251. The number of hydrogen-bond acceptors (Lipinski definition) is 7. The van der Waals surface area contributed by atoms with Crippen LogP contribution in [-0.4, -0.2) is 60.4 Å². The van der Waals surface area contributed by atoms with Crippen LogP contribution in [0.15, 0.2) is 34.9 Å². The first-order valence-corrected chi connectivity index (χ1v) is 12.8. The molecule has 9 nitrogen and oxygen atoms in total. The van der Waals surface area contributed by atoms with Crippen molar-refractivity contribution >= 4 is 39.6 Å².